The molecular weight excluding hydrogens is 364 g/mol. The topological polar surface area (TPSA) is 86.2 Å². The van der Waals surface area contributed by atoms with Gasteiger partial charge in [0, 0.05) is 44.0 Å². The summed E-state index contributed by atoms with van der Waals surface area (Å²) in [7, 11) is 0. The predicted molar refractivity (Wildman–Crippen MR) is 110 cm³/mol. The van der Waals surface area contributed by atoms with Gasteiger partial charge in [0.25, 0.3) is 5.78 Å². The average Bonchev–Trinajstić information content (AvgIpc) is 3.28. The molecule has 29 heavy (non-hydrogen) atoms. The maximum Gasteiger partial charge on any atom is 0.254 e. The van der Waals surface area contributed by atoms with Gasteiger partial charge in [0.2, 0.25) is 0 Å². The summed E-state index contributed by atoms with van der Waals surface area (Å²) in [5, 5.41) is 13.7. The highest BCUT2D eigenvalue weighted by molar-refractivity contribution is 5.66. The molecule has 4 heterocycles. The van der Waals surface area contributed by atoms with Gasteiger partial charge in [0.05, 0.1) is 11.3 Å². The largest absolute Gasteiger partial charge is 0.353 e. The molecule has 1 fully saturated rings. The quantitative estimate of drug-likeness (QED) is 0.538. The lowest BCUT2D eigenvalue weighted by molar-refractivity contribution is 0.633. The summed E-state index contributed by atoms with van der Waals surface area (Å²) in [4.78, 5) is 17.8. The molecule has 0 spiro atoms. The van der Waals surface area contributed by atoms with Crippen molar-refractivity contribution in [2.24, 2.45) is 0 Å². The van der Waals surface area contributed by atoms with E-state index in [1.807, 2.05) is 36.4 Å². The molecule has 142 valence electrons. The van der Waals surface area contributed by atoms with E-state index in [0.717, 1.165) is 49.1 Å². The van der Waals surface area contributed by atoms with Gasteiger partial charge in [-0.25, -0.2) is 9.97 Å². The Balaban J connectivity index is 1.45. The number of nitriles is 1. The fourth-order valence-corrected chi connectivity index (χ4v) is 3.66. The molecular formula is C21H18N8. The van der Waals surface area contributed by atoms with Crippen molar-refractivity contribution in [3.63, 3.8) is 0 Å². The molecule has 0 aliphatic carbocycles. The lowest BCUT2D eigenvalue weighted by atomic mass is 10.1. The van der Waals surface area contributed by atoms with Crippen LogP contribution in [0.1, 0.15) is 5.56 Å². The Labute approximate surface area is 167 Å². The van der Waals surface area contributed by atoms with E-state index < -0.39 is 0 Å². The maximum absolute atomic E-state index is 9.36. The zero-order valence-electron chi connectivity index (χ0n) is 15.7. The molecule has 8 heteroatoms. The minimum absolute atomic E-state index is 0.584. The van der Waals surface area contributed by atoms with Crippen LogP contribution < -0.4 is 9.80 Å². The smallest absolute Gasteiger partial charge is 0.254 e. The lowest BCUT2D eigenvalue weighted by Crippen LogP contribution is -2.47. The number of pyridine rings is 1. The van der Waals surface area contributed by atoms with Crippen LogP contribution in [-0.2, 0) is 0 Å². The van der Waals surface area contributed by atoms with E-state index in [1.165, 1.54) is 6.33 Å². The van der Waals surface area contributed by atoms with Crippen LogP contribution >= 0.6 is 0 Å². The molecule has 0 N–H and O–H groups in total. The van der Waals surface area contributed by atoms with Gasteiger partial charge >= 0.3 is 0 Å². The van der Waals surface area contributed by atoms with Crippen LogP contribution in [-0.4, -0.2) is 50.7 Å². The van der Waals surface area contributed by atoms with E-state index >= 15 is 0 Å². The molecule has 4 aromatic rings. The summed E-state index contributed by atoms with van der Waals surface area (Å²) < 4.78 is 1.78. The number of benzene rings is 1. The van der Waals surface area contributed by atoms with Crippen molar-refractivity contribution >= 4 is 17.4 Å². The van der Waals surface area contributed by atoms with Gasteiger partial charge in [0.1, 0.15) is 24.0 Å². The average molecular weight is 382 g/mol. The van der Waals surface area contributed by atoms with Gasteiger partial charge in [-0.05, 0) is 12.1 Å². The summed E-state index contributed by atoms with van der Waals surface area (Å²) in [5.41, 5.74) is 2.53. The van der Waals surface area contributed by atoms with Gasteiger partial charge in [-0.1, -0.05) is 30.3 Å². The lowest BCUT2D eigenvalue weighted by Gasteiger charge is -2.36. The molecule has 0 radical (unpaired) electrons. The third kappa shape index (κ3) is 3.12. The Bertz CT molecular complexity index is 1190. The van der Waals surface area contributed by atoms with Crippen molar-refractivity contribution in [2.45, 2.75) is 0 Å². The number of rotatable bonds is 3. The first-order valence-corrected chi connectivity index (χ1v) is 9.45. The van der Waals surface area contributed by atoms with E-state index in [9.17, 15) is 5.26 Å². The summed E-state index contributed by atoms with van der Waals surface area (Å²) in [6.45, 7) is 3.11. The number of hydrogen-bond donors (Lipinski definition) is 0. The number of anilines is 2. The predicted octanol–water partition coefficient (Wildman–Crippen LogP) is 2.38. The zero-order valence-corrected chi connectivity index (χ0v) is 15.7. The highest BCUT2D eigenvalue weighted by Gasteiger charge is 2.23. The van der Waals surface area contributed by atoms with Crippen LogP contribution in [0.15, 0.2) is 61.1 Å². The minimum atomic E-state index is 0.584. The molecule has 8 nitrogen and oxygen atoms in total. The summed E-state index contributed by atoms with van der Waals surface area (Å²) in [6, 6.07) is 18.0. The molecule has 0 amide bonds. The second-order valence-electron chi connectivity index (χ2n) is 6.80. The van der Waals surface area contributed by atoms with Crippen LogP contribution in [0.3, 0.4) is 0 Å². The first kappa shape index (κ1) is 17.1. The molecule has 5 rings (SSSR count). The molecule has 0 atom stereocenters. The van der Waals surface area contributed by atoms with Crippen LogP contribution in [0.2, 0.25) is 0 Å². The SMILES string of the molecule is N#Cc1cccnc1N1CCN(c2cc(-c3ccccc3)nc3ncnn23)CC1. The first-order chi connectivity index (χ1) is 14.3. The van der Waals surface area contributed by atoms with E-state index in [2.05, 4.69) is 42.0 Å². The van der Waals surface area contributed by atoms with Gasteiger partial charge in [-0.15, -0.1) is 0 Å². The Morgan fingerprint density at radius 1 is 0.897 bits per heavy atom. The van der Waals surface area contributed by atoms with Gasteiger partial charge in [-0.2, -0.15) is 19.9 Å². The van der Waals surface area contributed by atoms with Crippen molar-refractivity contribution in [1.82, 2.24) is 24.6 Å². The molecule has 1 saturated heterocycles. The summed E-state index contributed by atoms with van der Waals surface area (Å²) in [6.07, 6.45) is 3.26. The van der Waals surface area contributed by atoms with E-state index in [4.69, 9.17) is 0 Å². The molecule has 1 aliphatic rings. The standard InChI is InChI=1S/C21H18N8/c22-14-17-7-4-8-23-20(17)28-11-9-27(10-12-28)19-13-18(16-5-2-1-3-6-16)26-21-24-15-25-29(19)21/h1-8,13,15H,9-12H2. The Morgan fingerprint density at radius 2 is 1.69 bits per heavy atom. The van der Waals surface area contributed by atoms with Crippen molar-refractivity contribution in [1.29, 1.82) is 5.26 Å². The summed E-state index contributed by atoms with van der Waals surface area (Å²) >= 11 is 0. The van der Waals surface area contributed by atoms with Crippen LogP contribution in [0.25, 0.3) is 17.0 Å². The fourth-order valence-electron chi connectivity index (χ4n) is 3.66. The minimum Gasteiger partial charge on any atom is -0.353 e. The van der Waals surface area contributed by atoms with E-state index in [-0.39, 0.29) is 0 Å². The monoisotopic (exact) mass is 382 g/mol. The zero-order chi connectivity index (χ0) is 19.6. The summed E-state index contributed by atoms with van der Waals surface area (Å²) in [5.74, 6) is 2.30. The van der Waals surface area contributed by atoms with Crippen LogP contribution in [0.5, 0.6) is 0 Å². The van der Waals surface area contributed by atoms with Crippen molar-refractivity contribution in [3.05, 3.63) is 66.6 Å². The third-order valence-corrected chi connectivity index (χ3v) is 5.11. The maximum atomic E-state index is 9.36. The number of piperazine rings is 1. The number of nitrogens with zero attached hydrogens (tertiary/aromatic N) is 8. The van der Waals surface area contributed by atoms with Gasteiger partial charge in [-0.3, -0.25) is 0 Å². The second kappa shape index (κ2) is 7.20. The molecule has 0 bridgehead atoms. The second-order valence-corrected chi connectivity index (χ2v) is 6.80. The first-order valence-electron chi connectivity index (χ1n) is 9.45. The number of hydrogen-bond acceptors (Lipinski definition) is 7. The molecule has 0 saturated carbocycles. The van der Waals surface area contributed by atoms with Crippen molar-refractivity contribution < 1.29 is 0 Å². The van der Waals surface area contributed by atoms with E-state index in [0.29, 0.717) is 11.3 Å². The van der Waals surface area contributed by atoms with Crippen LogP contribution in [0.4, 0.5) is 11.6 Å². The third-order valence-electron chi connectivity index (χ3n) is 5.11. The van der Waals surface area contributed by atoms with Gasteiger partial charge < -0.3 is 9.80 Å². The molecule has 1 aromatic carbocycles. The van der Waals surface area contributed by atoms with E-state index in [1.54, 1.807) is 16.8 Å². The highest BCUT2D eigenvalue weighted by Crippen LogP contribution is 2.26. The van der Waals surface area contributed by atoms with Gasteiger partial charge in [0.15, 0.2) is 0 Å². The Kier molecular flexibility index (Phi) is 4.26. The highest BCUT2D eigenvalue weighted by atomic mass is 15.4. The number of fused-ring (bicyclic) bond motifs is 1. The fraction of sp³-hybridized carbons (Fsp3) is 0.190. The Hall–Kier alpha value is -3.99. The molecule has 0 unspecified atom stereocenters. The molecule has 1 aliphatic heterocycles. The number of aromatic nitrogens is 5. The molecule has 3 aromatic heterocycles. The van der Waals surface area contributed by atoms with Crippen LogP contribution in [0, 0.1) is 11.3 Å². The Morgan fingerprint density at radius 3 is 2.48 bits per heavy atom. The normalized spacial score (nSPS) is 14.2. The van der Waals surface area contributed by atoms with Crippen molar-refractivity contribution in [2.75, 3.05) is 36.0 Å². The van der Waals surface area contributed by atoms with Crippen molar-refractivity contribution in [3.8, 4) is 17.3 Å².